The highest BCUT2D eigenvalue weighted by atomic mass is 16.6. The molecule has 2 amide bonds. The van der Waals surface area contributed by atoms with Gasteiger partial charge in [0.15, 0.2) is 0 Å². The Morgan fingerprint density at radius 3 is 2.67 bits per heavy atom. The van der Waals surface area contributed by atoms with Crippen LogP contribution in [0.5, 0.6) is 0 Å². The van der Waals surface area contributed by atoms with Gasteiger partial charge in [-0.1, -0.05) is 0 Å². The third-order valence-corrected chi connectivity index (χ3v) is 5.56. The van der Waals surface area contributed by atoms with Gasteiger partial charge in [0.2, 0.25) is 5.91 Å². The number of amides is 2. The Morgan fingerprint density at radius 1 is 1.21 bits per heavy atom. The van der Waals surface area contributed by atoms with Crippen molar-refractivity contribution >= 4 is 12.0 Å². The van der Waals surface area contributed by atoms with Crippen molar-refractivity contribution in [1.29, 1.82) is 0 Å². The van der Waals surface area contributed by atoms with Crippen LogP contribution in [0.15, 0.2) is 0 Å². The predicted octanol–water partition coefficient (Wildman–Crippen LogP) is 0.786. The largest absolute Gasteiger partial charge is 0.450 e. The molecule has 0 spiro atoms. The number of likely N-dealkylation sites (N-methyl/N-ethyl adjacent to an activating group) is 1. The topological polar surface area (TPSA) is 62.3 Å². The predicted molar refractivity (Wildman–Crippen MR) is 88.7 cm³/mol. The van der Waals surface area contributed by atoms with Crippen molar-refractivity contribution in [3.05, 3.63) is 0 Å². The highest BCUT2D eigenvalue weighted by Crippen LogP contribution is 2.28. The molecule has 3 aliphatic heterocycles. The Labute approximate surface area is 143 Å². The lowest BCUT2D eigenvalue weighted by atomic mass is 9.91. The van der Waals surface area contributed by atoms with Crippen molar-refractivity contribution < 1.29 is 19.1 Å². The lowest BCUT2D eigenvalue weighted by molar-refractivity contribution is -0.133. The molecular weight excluding hydrogens is 310 g/mol. The molecule has 3 rings (SSSR count). The molecule has 3 aliphatic rings. The molecule has 136 valence electrons. The van der Waals surface area contributed by atoms with Gasteiger partial charge in [-0.2, -0.15) is 0 Å². The number of hydrogen-bond acceptors (Lipinski definition) is 5. The van der Waals surface area contributed by atoms with Gasteiger partial charge in [-0.3, -0.25) is 9.69 Å². The maximum atomic E-state index is 11.8. The van der Waals surface area contributed by atoms with Crippen LogP contribution >= 0.6 is 0 Å². The van der Waals surface area contributed by atoms with Crippen molar-refractivity contribution in [3.63, 3.8) is 0 Å². The van der Waals surface area contributed by atoms with Crippen LogP contribution in [0.2, 0.25) is 0 Å². The van der Waals surface area contributed by atoms with E-state index in [1.54, 1.807) is 4.90 Å². The second-order valence-electron chi connectivity index (χ2n) is 7.08. The second kappa shape index (κ2) is 7.70. The third kappa shape index (κ3) is 3.83. The summed E-state index contributed by atoms with van der Waals surface area (Å²) in [5.41, 5.74) is 0. The van der Waals surface area contributed by atoms with Crippen molar-refractivity contribution in [2.45, 2.75) is 38.3 Å². The standard InChI is InChI=1S/C17H29N3O4/c1-3-23-17(22)19-7-4-14(5-8-19)20-9-6-15-13(11-20)10-18(2)16(21)12-24-15/h13-15H,3-12H2,1-2H3/t13-,15-/m0/s1. The fourth-order valence-electron chi connectivity index (χ4n) is 4.14. The molecule has 3 heterocycles. The number of fused-ring (bicyclic) bond motifs is 1. The quantitative estimate of drug-likeness (QED) is 0.744. The van der Waals surface area contributed by atoms with E-state index in [-0.39, 0.29) is 24.7 Å². The van der Waals surface area contributed by atoms with Crippen LogP contribution in [0.3, 0.4) is 0 Å². The molecule has 24 heavy (non-hydrogen) atoms. The van der Waals surface area contributed by atoms with E-state index < -0.39 is 0 Å². The van der Waals surface area contributed by atoms with Crippen molar-refractivity contribution in [3.8, 4) is 0 Å². The number of likely N-dealkylation sites (tertiary alicyclic amines) is 2. The maximum absolute atomic E-state index is 11.8. The minimum absolute atomic E-state index is 0.0821. The molecule has 0 saturated carbocycles. The lowest BCUT2D eigenvalue weighted by Crippen LogP contribution is -2.53. The first-order valence-corrected chi connectivity index (χ1v) is 9.09. The summed E-state index contributed by atoms with van der Waals surface area (Å²) >= 11 is 0. The van der Waals surface area contributed by atoms with Crippen molar-refractivity contribution in [1.82, 2.24) is 14.7 Å². The number of hydrogen-bond donors (Lipinski definition) is 0. The highest BCUT2D eigenvalue weighted by Gasteiger charge is 2.37. The average Bonchev–Trinajstić information content (AvgIpc) is 2.74. The number of ether oxygens (including phenoxy) is 2. The number of carbonyl (C=O) groups excluding carboxylic acids is 2. The Kier molecular flexibility index (Phi) is 5.61. The third-order valence-electron chi connectivity index (χ3n) is 5.56. The molecule has 3 fully saturated rings. The van der Waals surface area contributed by atoms with E-state index in [2.05, 4.69) is 4.90 Å². The summed E-state index contributed by atoms with van der Waals surface area (Å²) in [7, 11) is 1.87. The Bertz CT molecular complexity index is 465. The smallest absolute Gasteiger partial charge is 0.409 e. The molecule has 0 aromatic rings. The first-order valence-electron chi connectivity index (χ1n) is 9.09. The van der Waals surface area contributed by atoms with Crippen molar-refractivity contribution in [2.24, 2.45) is 5.92 Å². The average molecular weight is 339 g/mol. The summed E-state index contributed by atoms with van der Waals surface area (Å²) in [5, 5.41) is 0. The van der Waals surface area contributed by atoms with Crippen LogP contribution in [0.25, 0.3) is 0 Å². The summed E-state index contributed by atoms with van der Waals surface area (Å²) in [5.74, 6) is 0.469. The lowest BCUT2D eigenvalue weighted by Gasteiger charge is -2.44. The Hall–Kier alpha value is -1.34. The van der Waals surface area contributed by atoms with E-state index in [0.717, 1.165) is 52.0 Å². The summed E-state index contributed by atoms with van der Waals surface area (Å²) in [6.45, 7) is 6.80. The molecule has 3 saturated heterocycles. The first kappa shape index (κ1) is 17.5. The van der Waals surface area contributed by atoms with E-state index in [0.29, 0.717) is 18.6 Å². The molecule has 0 bridgehead atoms. The molecule has 0 radical (unpaired) electrons. The fraction of sp³-hybridized carbons (Fsp3) is 0.882. The molecule has 7 nitrogen and oxygen atoms in total. The summed E-state index contributed by atoms with van der Waals surface area (Å²) in [4.78, 5) is 29.8. The number of nitrogens with zero attached hydrogens (tertiary/aromatic N) is 3. The van der Waals surface area contributed by atoms with Crippen LogP contribution in [0.1, 0.15) is 26.2 Å². The molecular formula is C17H29N3O4. The van der Waals surface area contributed by atoms with Crippen LogP contribution in [-0.2, 0) is 14.3 Å². The van der Waals surface area contributed by atoms with Gasteiger partial charge in [0.1, 0.15) is 6.61 Å². The number of carbonyl (C=O) groups is 2. The highest BCUT2D eigenvalue weighted by molar-refractivity contribution is 5.77. The van der Waals surface area contributed by atoms with E-state index in [1.165, 1.54) is 0 Å². The van der Waals surface area contributed by atoms with E-state index in [1.807, 2.05) is 18.9 Å². The molecule has 0 aliphatic carbocycles. The zero-order valence-corrected chi connectivity index (χ0v) is 14.8. The Morgan fingerprint density at radius 2 is 1.96 bits per heavy atom. The number of piperidine rings is 2. The van der Waals surface area contributed by atoms with Crippen LogP contribution in [-0.4, -0.2) is 91.8 Å². The van der Waals surface area contributed by atoms with E-state index in [9.17, 15) is 9.59 Å². The zero-order chi connectivity index (χ0) is 17.1. The number of rotatable bonds is 2. The maximum Gasteiger partial charge on any atom is 0.409 e. The van der Waals surface area contributed by atoms with E-state index >= 15 is 0 Å². The molecule has 0 aromatic heterocycles. The van der Waals surface area contributed by atoms with Gasteiger partial charge in [-0.15, -0.1) is 0 Å². The van der Waals surface area contributed by atoms with Crippen LogP contribution in [0.4, 0.5) is 4.79 Å². The van der Waals surface area contributed by atoms with Gasteiger partial charge in [0, 0.05) is 51.7 Å². The SMILES string of the molecule is CCOC(=O)N1CCC(N2CC[C@@H]3OCC(=O)N(C)C[C@H]3C2)CC1. The van der Waals surface area contributed by atoms with Gasteiger partial charge in [-0.05, 0) is 26.2 Å². The summed E-state index contributed by atoms with van der Waals surface area (Å²) in [6, 6.07) is 0.515. The Balaban J connectivity index is 1.52. The molecule has 7 heteroatoms. The van der Waals surface area contributed by atoms with Crippen LogP contribution < -0.4 is 0 Å². The van der Waals surface area contributed by atoms with Gasteiger partial charge in [0.25, 0.3) is 0 Å². The van der Waals surface area contributed by atoms with E-state index in [4.69, 9.17) is 9.47 Å². The van der Waals surface area contributed by atoms with Gasteiger partial charge >= 0.3 is 6.09 Å². The second-order valence-corrected chi connectivity index (χ2v) is 7.08. The van der Waals surface area contributed by atoms with Gasteiger partial charge in [0.05, 0.1) is 12.7 Å². The van der Waals surface area contributed by atoms with Gasteiger partial charge in [-0.25, -0.2) is 4.79 Å². The van der Waals surface area contributed by atoms with Gasteiger partial charge < -0.3 is 19.3 Å². The molecule has 0 aromatic carbocycles. The monoisotopic (exact) mass is 339 g/mol. The minimum Gasteiger partial charge on any atom is -0.450 e. The first-order chi connectivity index (χ1) is 11.6. The molecule has 2 atom stereocenters. The summed E-state index contributed by atoms with van der Waals surface area (Å²) < 4.78 is 10.9. The minimum atomic E-state index is -0.188. The summed E-state index contributed by atoms with van der Waals surface area (Å²) in [6.07, 6.45) is 2.99. The zero-order valence-electron chi connectivity index (χ0n) is 14.8. The van der Waals surface area contributed by atoms with Crippen LogP contribution in [0, 0.1) is 5.92 Å². The molecule has 0 N–H and O–H groups in total. The molecule has 0 unspecified atom stereocenters. The fourth-order valence-corrected chi connectivity index (χ4v) is 4.14. The van der Waals surface area contributed by atoms with Crippen molar-refractivity contribution in [2.75, 3.05) is 53.0 Å². The normalized spacial score (nSPS) is 30.0.